The van der Waals surface area contributed by atoms with Crippen LogP contribution in [0.3, 0.4) is 0 Å². The Bertz CT molecular complexity index is 780. The third-order valence-corrected chi connectivity index (χ3v) is 4.45. The van der Waals surface area contributed by atoms with E-state index in [1.165, 1.54) is 12.1 Å². The molecule has 1 aliphatic carbocycles. The van der Waals surface area contributed by atoms with Crippen molar-refractivity contribution in [2.24, 2.45) is 11.6 Å². The fourth-order valence-corrected chi connectivity index (χ4v) is 3.30. The van der Waals surface area contributed by atoms with Gasteiger partial charge in [0.05, 0.1) is 23.3 Å². The average molecular weight is 301 g/mol. The van der Waals surface area contributed by atoms with Gasteiger partial charge in [0.25, 0.3) is 5.91 Å². The van der Waals surface area contributed by atoms with Gasteiger partial charge in [0.2, 0.25) is 0 Å². The van der Waals surface area contributed by atoms with Gasteiger partial charge in [-0.25, -0.2) is 9.40 Å². The van der Waals surface area contributed by atoms with Gasteiger partial charge < -0.3 is 5.73 Å². The van der Waals surface area contributed by atoms with E-state index in [0.29, 0.717) is 29.9 Å². The quantitative estimate of drug-likeness (QED) is 0.809. The number of amides is 1. The predicted octanol–water partition coefficient (Wildman–Crippen LogP) is 0.967. The number of halogens is 1. The molecule has 4 rings (SSSR count). The van der Waals surface area contributed by atoms with Crippen molar-refractivity contribution in [3.05, 3.63) is 41.3 Å². The number of primary amides is 1. The SMILES string of the molecule is NC(=O)c1c(-c2cccc(F)c2)nn2c1CN(N)CC21CC1. The summed E-state index contributed by atoms with van der Waals surface area (Å²) >= 11 is 0. The van der Waals surface area contributed by atoms with Gasteiger partial charge in [0, 0.05) is 12.1 Å². The van der Waals surface area contributed by atoms with Crippen LogP contribution in [0.5, 0.6) is 0 Å². The standard InChI is InChI=1S/C15H16FN5O/c16-10-3-1-2-9(6-10)13-12(14(17)22)11-7-20(18)8-15(4-5-15)21(11)19-13/h1-3,6H,4-5,7-8,18H2,(H2,17,22). The summed E-state index contributed by atoms with van der Waals surface area (Å²) in [4.78, 5) is 12.0. The van der Waals surface area contributed by atoms with Crippen LogP contribution in [0.15, 0.2) is 24.3 Å². The van der Waals surface area contributed by atoms with Crippen LogP contribution in [0.1, 0.15) is 28.9 Å². The number of hydrogen-bond acceptors (Lipinski definition) is 4. The molecule has 0 radical (unpaired) electrons. The monoisotopic (exact) mass is 301 g/mol. The van der Waals surface area contributed by atoms with Crippen molar-refractivity contribution >= 4 is 5.91 Å². The number of carbonyl (C=O) groups excluding carboxylic acids is 1. The molecule has 1 aromatic carbocycles. The van der Waals surface area contributed by atoms with Gasteiger partial charge in [-0.15, -0.1) is 0 Å². The number of aromatic nitrogens is 2. The number of carbonyl (C=O) groups is 1. The summed E-state index contributed by atoms with van der Waals surface area (Å²) in [5.41, 5.74) is 7.47. The van der Waals surface area contributed by atoms with Crippen molar-refractivity contribution in [1.82, 2.24) is 14.8 Å². The molecule has 114 valence electrons. The van der Waals surface area contributed by atoms with Crippen LogP contribution in [-0.2, 0) is 12.1 Å². The number of fused-ring (bicyclic) bond motifs is 2. The smallest absolute Gasteiger partial charge is 0.252 e. The zero-order valence-corrected chi connectivity index (χ0v) is 11.9. The zero-order valence-electron chi connectivity index (χ0n) is 11.9. The fourth-order valence-electron chi connectivity index (χ4n) is 3.30. The maximum absolute atomic E-state index is 13.5. The largest absolute Gasteiger partial charge is 0.365 e. The highest BCUT2D eigenvalue weighted by atomic mass is 19.1. The Kier molecular flexibility index (Phi) is 2.67. The Morgan fingerprint density at radius 1 is 1.36 bits per heavy atom. The Hall–Kier alpha value is -2.25. The van der Waals surface area contributed by atoms with E-state index in [9.17, 15) is 9.18 Å². The molecule has 0 saturated heterocycles. The van der Waals surface area contributed by atoms with Gasteiger partial charge in [-0.05, 0) is 25.0 Å². The summed E-state index contributed by atoms with van der Waals surface area (Å²) in [6.45, 7) is 1.10. The van der Waals surface area contributed by atoms with Crippen molar-refractivity contribution in [1.29, 1.82) is 0 Å². The third kappa shape index (κ3) is 1.86. The normalized spacial score (nSPS) is 19.2. The molecule has 1 aromatic heterocycles. The molecular formula is C15H16FN5O. The van der Waals surface area contributed by atoms with Crippen LogP contribution in [0, 0.1) is 5.82 Å². The average Bonchev–Trinajstić information content (AvgIpc) is 3.09. The molecule has 1 spiro atoms. The van der Waals surface area contributed by atoms with Crippen molar-refractivity contribution in [2.75, 3.05) is 6.54 Å². The minimum Gasteiger partial charge on any atom is -0.365 e. The van der Waals surface area contributed by atoms with Gasteiger partial charge in [-0.1, -0.05) is 12.1 Å². The molecule has 4 N–H and O–H groups in total. The number of nitrogens with two attached hydrogens (primary N) is 2. The second kappa shape index (κ2) is 4.37. The third-order valence-electron chi connectivity index (χ3n) is 4.45. The summed E-state index contributed by atoms with van der Waals surface area (Å²) in [6.07, 6.45) is 1.94. The van der Waals surface area contributed by atoms with Gasteiger partial charge in [0.1, 0.15) is 11.5 Å². The minimum absolute atomic E-state index is 0.141. The van der Waals surface area contributed by atoms with E-state index in [4.69, 9.17) is 11.6 Å². The number of hydrazine groups is 1. The Labute approximate surface area is 126 Å². The Morgan fingerprint density at radius 2 is 2.14 bits per heavy atom. The van der Waals surface area contributed by atoms with E-state index in [-0.39, 0.29) is 11.4 Å². The lowest BCUT2D eigenvalue weighted by Crippen LogP contribution is -2.46. The highest BCUT2D eigenvalue weighted by Gasteiger charge is 2.51. The van der Waals surface area contributed by atoms with Crippen LogP contribution >= 0.6 is 0 Å². The number of nitrogens with zero attached hydrogens (tertiary/aromatic N) is 3. The summed E-state index contributed by atoms with van der Waals surface area (Å²) < 4.78 is 15.4. The molecule has 2 heterocycles. The lowest BCUT2D eigenvalue weighted by Gasteiger charge is -2.31. The summed E-state index contributed by atoms with van der Waals surface area (Å²) in [5.74, 6) is 5.05. The van der Waals surface area contributed by atoms with Crippen molar-refractivity contribution < 1.29 is 9.18 Å². The second-order valence-electron chi connectivity index (χ2n) is 6.09. The molecule has 0 unspecified atom stereocenters. The van der Waals surface area contributed by atoms with E-state index < -0.39 is 5.91 Å². The van der Waals surface area contributed by atoms with Gasteiger partial charge in [0.15, 0.2) is 0 Å². The molecule has 1 fully saturated rings. The molecule has 22 heavy (non-hydrogen) atoms. The Balaban J connectivity index is 1.95. The van der Waals surface area contributed by atoms with E-state index in [2.05, 4.69) is 5.10 Å². The van der Waals surface area contributed by atoms with Crippen LogP contribution < -0.4 is 11.6 Å². The fraction of sp³-hybridized carbons (Fsp3) is 0.333. The van der Waals surface area contributed by atoms with Gasteiger partial charge in [-0.2, -0.15) is 5.10 Å². The van der Waals surface area contributed by atoms with E-state index in [1.54, 1.807) is 17.1 Å². The molecule has 7 heteroatoms. The van der Waals surface area contributed by atoms with Gasteiger partial charge >= 0.3 is 0 Å². The lowest BCUT2D eigenvalue weighted by atomic mass is 10.0. The predicted molar refractivity (Wildman–Crippen MR) is 77.9 cm³/mol. The van der Waals surface area contributed by atoms with Gasteiger partial charge in [-0.3, -0.25) is 15.3 Å². The molecule has 6 nitrogen and oxygen atoms in total. The first-order chi connectivity index (χ1) is 10.5. The first-order valence-electron chi connectivity index (χ1n) is 7.18. The van der Waals surface area contributed by atoms with Crippen LogP contribution in [0.25, 0.3) is 11.3 Å². The molecular weight excluding hydrogens is 285 g/mol. The summed E-state index contributed by atoms with van der Waals surface area (Å²) in [7, 11) is 0. The number of hydrogen-bond donors (Lipinski definition) is 2. The van der Waals surface area contributed by atoms with Crippen LogP contribution in [-0.4, -0.2) is 27.2 Å². The molecule has 0 bridgehead atoms. The highest BCUT2D eigenvalue weighted by Crippen LogP contribution is 2.48. The van der Waals surface area contributed by atoms with Crippen molar-refractivity contribution in [3.8, 4) is 11.3 Å². The number of benzene rings is 1. The first-order valence-corrected chi connectivity index (χ1v) is 7.18. The first kappa shape index (κ1) is 13.4. The molecule has 0 atom stereocenters. The molecule has 1 aliphatic heterocycles. The zero-order chi connectivity index (χ0) is 15.5. The lowest BCUT2D eigenvalue weighted by molar-refractivity contribution is 0.0995. The van der Waals surface area contributed by atoms with Crippen molar-refractivity contribution in [2.45, 2.75) is 24.9 Å². The topological polar surface area (TPSA) is 90.2 Å². The maximum Gasteiger partial charge on any atom is 0.252 e. The van der Waals surface area contributed by atoms with Crippen LogP contribution in [0.2, 0.25) is 0 Å². The van der Waals surface area contributed by atoms with E-state index in [0.717, 1.165) is 18.5 Å². The molecule has 2 aliphatic rings. The molecule has 1 amide bonds. The Morgan fingerprint density at radius 3 is 2.77 bits per heavy atom. The van der Waals surface area contributed by atoms with E-state index >= 15 is 0 Å². The highest BCUT2D eigenvalue weighted by molar-refractivity contribution is 6.00. The minimum atomic E-state index is -0.563. The van der Waals surface area contributed by atoms with E-state index in [1.807, 2.05) is 4.68 Å². The summed E-state index contributed by atoms with van der Waals surface area (Å²) in [5, 5.41) is 6.29. The maximum atomic E-state index is 13.5. The van der Waals surface area contributed by atoms with Crippen molar-refractivity contribution in [3.63, 3.8) is 0 Å². The molecule has 1 saturated carbocycles. The second-order valence-corrected chi connectivity index (χ2v) is 6.09. The molecule has 2 aromatic rings. The summed E-state index contributed by atoms with van der Waals surface area (Å²) in [6, 6.07) is 6.04. The number of rotatable bonds is 2. The van der Waals surface area contributed by atoms with Crippen LogP contribution in [0.4, 0.5) is 4.39 Å².